The highest BCUT2D eigenvalue weighted by molar-refractivity contribution is 5.93. The van der Waals surface area contributed by atoms with Crippen molar-refractivity contribution in [3.63, 3.8) is 0 Å². The monoisotopic (exact) mass is 333 g/mol. The Hall–Kier alpha value is -3.05. The Morgan fingerprint density at radius 3 is 2.48 bits per heavy atom. The first-order valence-corrected chi connectivity index (χ1v) is 8.04. The van der Waals surface area contributed by atoms with Crippen molar-refractivity contribution in [2.75, 3.05) is 6.54 Å². The molecule has 3 rings (SSSR count). The molecular weight excluding hydrogens is 314 g/mol. The second kappa shape index (κ2) is 7.68. The molecule has 5 heteroatoms. The van der Waals surface area contributed by atoms with Crippen molar-refractivity contribution < 1.29 is 9.90 Å². The van der Waals surface area contributed by atoms with E-state index in [1.165, 1.54) is 12.4 Å². The Balaban J connectivity index is 1.61. The van der Waals surface area contributed by atoms with Crippen LogP contribution in [0.15, 0.2) is 67.0 Å². The third-order valence-electron chi connectivity index (χ3n) is 3.83. The third-order valence-corrected chi connectivity index (χ3v) is 3.83. The fourth-order valence-electron chi connectivity index (χ4n) is 2.47. The molecule has 2 aromatic carbocycles. The highest BCUT2D eigenvalue weighted by Gasteiger charge is 2.12. The highest BCUT2D eigenvalue weighted by atomic mass is 16.3. The van der Waals surface area contributed by atoms with Crippen molar-refractivity contribution in [3.05, 3.63) is 83.7 Å². The number of aryl methyl sites for hydroxylation is 1. The van der Waals surface area contributed by atoms with E-state index in [0.717, 1.165) is 16.7 Å². The Morgan fingerprint density at radius 2 is 1.80 bits per heavy atom. The lowest BCUT2D eigenvalue weighted by Gasteiger charge is -2.13. The summed E-state index contributed by atoms with van der Waals surface area (Å²) in [5.41, 5.74) is 3.09. The molecule has 1 aromatic heterocycles. The van der Waals surface area contributed by atoms with Crippen LogP contribution in [0, 0.1) is 6.92 Å². The van der Waals surface area contributed by atoms with Gasteiger partial charge in [0.25, 0.3) is 5.91 Å². The van der Waals surface area contributed by atoms with E-state index in [2.05, 4.69) is 15.3 Å². The molecule has 0 aliphatic rings. The van der Waals surface area contributed by atoms with E-state index in [9.17, 15) is 9.90 Å². The van der Waals surface area contributed by atoms with Gasteiger partial charge in [0.15, 0.2) is 5.82 Å². The van der Waals surface area contributed by atoms with Crippen molar-refractivity contribution in [2.45, 2.75) is 13.0 Å². The number of aromatic nitrogens is 2. The van der Waals surface area contributed by atoms with Crippen LogP contribution in [0.5, 0.6) is 0 Å². The topological polar surface area (TPSA) is 75.1 Å². The lowest BCUT2D eigenvalue weighted by Crippen LogP contribution is -2.28. The molecule has 1 amide bonds. The van der Waals surface area contributed by atoms with E-state index in [-0.39, 0.29) is 12.5 Å². The lowest BCUT2D eigenvalue weighted by molar-refractivity contribution is 0.0915. The van der Waals surface area contributed by atoms with Crippen molar-refractivity contribution in [1.29, 1.82) is 0 Å². The number of aliphatic hydroxyl groups is 1. The minimum atomic E-state index is -0.756. The molecule has 5 nitrogen and oxygen atoms in total. The Kier molecular flexibility index (Phi) is 5.16. The number of carbonyl (C=O) groups is 1. The summed E-state index contributed by atoms with van der Waals surface area (Å²) in [6, 6.07) is 17.1. The summed E-state index contributed by atoms with van der Waals surface area (Å²) >= 11 is 0. The van der Waals surface area contributed by atoms with Crippen LogP contribution in [0.2, 0.25) is 0 Å². The maximum Gasteiger partial charge on any atom is 0.254 e. The minimum Gasteiger partial charge on any atom is -0.387 e. The highest BCUT2D eigenvalue weighted by Crippen LogP contribution is 2.15. The van der Waals surface area contributed by atoms with E-state index in [4.69, 9.17) is 0 Å². The molecule has 1 heterocycles. The average Bonchev–Trinajstić information content (AvgIpc) is 2.66. The second-order valence-electron chi connectivity index (χ2n) is 5.80. The predicted molar refractivity (Wildman–Crippen MR) is 95.9 cm³/mol. The van der Waals surface area contributed by atoms with E-state index in [0.29, 0.717) is 11.4 Å². The molecule has 0 aliphatic carbocycles. The first kappa shape index (κ1) is 16.8. The van der Waals surface area contributed by atoms with Crippen LogP contribution in [0.25, 0.3) is 11.4 Å². The molecule has 0 saturated heterocycles. The Bertz CT molecular complexity index is 848. The number of aliphatic hydroxyl groups excluding tert-OH is 1. The average molecular weight is 333 g/mol. The minimum absolute atomic E-state index is 0.128. The summed E-state index contributed by atoms with van der Waals surface area (Å²) in [5.74, 6) is 0.253. The van der Waals surface area contributed by atoms with Crippen LogP contribution in [0.3, 0.4) is 0 Å². The molecule has 0 fully saturated rings. The second-order valence-corrected chi connectivity index (χ2v) is 5.80. The molecule has 1 unspecified atom stereocenters. The van der Waals surface area contributed by atoms with Crippen LogP contribution >= 0.6 is 0 Å². The number of hydrogen-bond acceptors (Lipinski definition) is 4. The van der Waals surface area contributed by atoms with Crippen molar-refractivity contribution in [2.24, 2.45) is 0 Å². The molecule has 0 spiro atoms. The maximum atomic E-state index is 12.2. The van der Waals surface area contributed by atoms with E-state index >= 15 is 0 Å². The van der Waals surface area contributed by atoms with Gasteiger partial charge in [0, 0.05) is 24.5 Å². The van der Waals surface area contributed by atoms with Crippen molar-refractivity contribution >= 4 is 5.91 Å². The zero-order valence-corrected chi connectivity index (χ0v) is 13.9. The molecular formula is C20H19N3O2. The van der Waals surface area contributed by atoms with Gasteiger partial charge < -0.3 is 10.4 Å². The number of benzene rings is 2. The van der Waals surface area contributed by atoms with Gasteiger partial charge in [-0.15, -0.1) is 0 Å². The number of carbonyl (C=O) groups excluding carboxylic acids is 1. The van der Waals surface area contributed by atoms with Gasteiger partial charge in [-0.3, -0.25) is 4.79 Å². The first-order chi connectivity index (χ1) is 12.1. The molecule has 0 saturated carbocycles. The van der Waals surface area contributed by atoms with Gasteiger partial charge in [-0.25, -0.2) is 9.97 Å². The van der Waals surface area contributed by atoms with Crippen LogP contribution in [-0.2, 0) is 0 Å². The summed E-state index contributed by atoms with van der Waals surface area (Å²) in [6.07, 6.45) is 2.22. The zero-order valence-electron chi connectivity index (χ0n) is 13.9. The van der Waals surface area contributed by atoms with Crippen LogP contribution < -0.4 is 5.32 Å². The van der Waals surface area contributed by atoms with Gasteiger partial charge in [0.05, 0.1) is 11.7 Å². The van der Waals surface area contributed by atoms with Gasteiger partial charge in [-0.05, 0) is 12.5 Å². The normalized spacial score (nSPS) is 11.8. The van der Waals surface area contributed by atoms with Crippen LogP contribution in [0.1, 0.15) is 27.6 Å². The molecule has 1 atom stereocenters. The van der Waals surface area contributed by atoms with E-state index in [1.54, 1.807) is 0 Å². The smallest absolute Gasteiger partial charge is 0.254 e. The van der Waals surface area contributed by atoms with Gasteiger partial charge in [0.1, 0.15) is 0 Å². The molecule has 2 N–H and O–H groups in total. The lowest BCUT2D eigenvalue weighted by atomic mass is 10.1. The molecule has 0 bridgehead atoms. The zero-order chi connectivity index (χ0) is 17.6. The standard InChI is InChI=1S/C20H19N3O2/c1-14-6-5-9-16(10-14)18(24)13-23-20(25)17-11-21-19(22-12-17)15-7-3-2-4-8-15/h2-12,18,24H,13H2,1H3,(H,23,25). The summed E-state index contributed by atoms with van der Waals surface area (Å²) in [7, 11) is 0. The Morgan fingerprint density at radius 1 is 1.08 bits per heavy atom. The summed E-state index contributed by atoms with van der Waals surface area (Å²) in [6.45, 7) is 2.09. The Labute approximate surface area is 146 Å². The molecule has 0 radical (unpaired) electrons. The van der Waals surface area contributed by atoms with Gasteiger partial charge >= 0.3 is 0 Å². The van der Waals surface area contributed by atoms with Gasteiger partial charge in [0.2, 0.25) is 0 Å². The number of amides is 1. The number of nitrogens with one attached hydrogen (secondary N) is 1. The van der Waals surface area contributed by atoms with E-state index < -0.39 is 6.10 Å². The van der Waals surface area contributed by atoms with Crippen LogP contribution in [-0.4, -0.2) is 27.5 Å². The van der Waals surface area contributed by atoms with Gasteiger partial charge in [-0.1, -0.05) is 60.2 Å². The SMILES string of the molecule is Cc1cccc(C(O)CNC(=O)c2cnc(-c3ccccc3)nc2)c1. The number of nitrogens with zero attached hydrogens (tertiary/aromatic N) is 2. The number of hydrogen-bond donors (Lipinski definition) is 2. The van der Waals surface area contributed by atoms with Crippen molar-refractivity contribution in [3.8, 4) is 11.4 Å². The predicted octanol–water partition coefficient (Wildman–Crippen LogP) is 2.92. The summed E-state index contributed by atoms with van der Waals surface area (Å²) in [5, 5.41) is 12.9. The van der Waals surface area contributed by atoms with Crippen LogP contribution in [0.4, 0.5) is 0 Å². The fraction of sp³-hybridized carbons (Fsp3) is 0.150. The molecule has 25 heavy (non-hydrogen) atoms. The van der Waals surface area contributed by atoms with Crippen molar-refractivity contribution in [1.82, 2.24) is 15.3 Å². The third kappa shape index (κ3) is 4.28. The fourth-order valence-corrected chi connectivity index (χ4v) is 2.47. The summed E-state index contributed by atoms with van der Waals surface area (Å²) < 4.78 is 0. The number of rotatable bonds is 5. The summed E-state index contributed by atoms with van der Waals surface area (Å²) in [4.78, 5) is 20.7. The largest absolute Gasteiger partial charge is 0.387 e. The molecule has 126 valence electrons. The molecule has 0 aliphatic heterocycles. The maximum absolute atomic E-state index is 12.2. The van der Waals surface area contributed by atoms with Gasteiger partial charge in [-0.2, -0.15) is 0 Å². The quantitative estimate of drug-likeness (QED) is 0.753. The van der Waals surface area contributed by atoms with E-state index in [1.807, 2.05) is 61.5 Å². The molecule has 3 aromatic rings. The first-order valence-electron chi connectivity index (χ1n) is 8.04.